The van der Waals surface area contributed by atoms with Crippen molar-refractivity contribution in [3.05, 3.63) is 0 Å². The zero-order valence-corrected chi connectivity index (χ0v) is 28.3. The highest BCUT2D eigenvalue weighted by Crippen LogP contribution is 2.14. The van der Waals surface area contributed by atoms with E-state index in [1.807, 2.05) is 14.1 Å². The third-order valence-electron chi connectivity index (χ3n) is 8.31. The summed E-state index contributed by atoms with van der Waals surface area (Å²) in [7, 11) is 4.09. The average Bonchev–Trinajstić information content (AvgIpc) is 2.95. The van der Waals surface area contributed by atoms with E-state index in [2.05, 4.69) is 24.5 Å². The molecule has 0 saturated carbocycles. The smallest absolute Gasteiger partial charge is 0.00519 e. The molecular formula is C37H80N2. The molecule has 0 aliphatic rings. The van der Waals surface area contributed by atoms with E-state index >= 15 is 0 Å². The van der Waals surface area contributed by atoms with E-state index in [-0.39, 0.29) is 0 Å². The molecule has 2 nitrogen and oxygen atoms in total. The second-order valence-electron chi connectivity index (χ2n) is 12.5. The van der Waals surface area contributed by atoms with Gasteiger partial charge in [-0.2, -0.15) is 0 Å². The van der Waals surface area contributed by atoms with Crippen LogP contribution < -0.4 is 10.6 Å². The molecule has 2 heteroatoms. The van der Waals surface area contributed by atoms with E-state index in [4.69, 9.17) is 0 Å². The van der Waals surface area contributed by atoms with Crippen LogP contribution in [0.5, 0.6) is 0 Å². The van der Waals surface area contributed by atoms with Crippen molar-refractivity contribution in [3.8, 4) is 0 Å². The van der Waals surface area contributed by atoms with Crippen molar-refractivity contribution in [2.24, 2.45) is 0 Å². The van der Waals surface area contributed by atoms with Gasteiger partial charge in [-0.25, -0.2) is 0 Å². The quantitative estimate of drug-likeness (QED) is 0.0791. The van der Waals surface area contributed by atoms with Gasteiger partial charge in [-0.3, -0.25) is 0 Å². The van der Waals surface area contributed by atoms with E-state index < -0.39 is 0 Å². The molecule has 0 aromatic heterocycles. The molecule has 238 valence electrons. The molecule has 2 N–H and O–H groups in total. The Hall–Kier alpha value is -0.0800. The number of nitrogens with one attached hydrogen (secondary N) is 2. The summed E-state index contributed by atoms with van der Waals surface area (Å²) < 4.78 is 0. The molecule has 0 heterocycles. The fourth-order valence-electron chi connectivity index (χ4n) is 5.52. The van der Waals surface area contributed by atoms with Crippen molar-refractivity contribution in [1.29, 1.82) is 0 Å². The van der Waals surface area contributed by atoms with E-state index in [1.54, 1.807) is 0 Å². The summed E-state index contributed by atoms with van der Waals surface area (Å²) in [6.07, 6.45) is 45.0. The Bertz CT molecular complexity index is 336. The van der Waals surface area contributed by atoms with Crippen LogP contribution in [0.1, 0.15) is 213 Å². The van der Waals surface area contributed by atoms with Crippen molar-refractivity contribution in [3.63, 3.8) is 0 Å². The molecule has 0 aliphatic carbocycles. The van der Waals surface area contributed by atoms with Gasteiger partial charge in [0.1, 0.15) is 0 Å². The van der Waals surface area contributed by atoms with Gasteiger partial charge in [-0.1, -0.05) is 200 Å². The summed E-state index contributed by atoms with van der Waals surface area (Å²) in [6.45, 7) is 6.97. The average molecular weight is 553 g/mol. The van der Waals surface area contributed by atoms with E-state index in [0.717, 1.165) is 0 Å². The highest BCUT2D eigenvalue weighted by atomic mass is 14.8. The first-order valence-electron chi connectivity index (χ1n) is 18.6. The van der Waals surface area contributed by atoms with Crippen molar-refractivity contribution in [2.45, 2.75) is 213 Å². The molecule has 0 bridgehead atoms. The molecule has 0 radical (unpaired) electrons. The summed E-state index contributed by atoms with van der Waals surface area (Å²) in [4.78, 5) is 0. The number of rotatable bonds is 33. The van der Waals surface area contributed by atoms with Gasteiger partial charge in [0, 0.05) is 0 Å². The van der Waals surface area contributed by atoms with Gasteiger partial charge in [-0.05, 0) is 40.0 Å². The van der Waals surface area contributed by atoms with Crippen molar-refractivity contribution in [1.82, 2.24) is 10.6 Å². The predicted octanol–water partition coefficient (Wildman–Crippen LogP) is 12.5. The fraction of sp³-hybridized carbons (Fsp3) is 1.00. The molecule has 0 fully saturated rings. The first-order valence-corrected chi connectivity index (χ1v) is 18.6. The SMILES string of the molecule is CCCCCCCCCCCCCCCCCCNC.CCCCCCCCCCCCCCCCCNC. The summed E-state index contributed by atoms with van der Waals surface area (Å²) in [6, 6.07) is 0. The zero-order chi connectivity index (χ0) is 28.7. The van der Waals surface area contributed by atoms with Crippen molar-refractivity contribution < 1.29 is 0 Å². The van der Waals surface area contributed by atoms with Crippen LogP contribution in [0.3, 0.4) is 0 Å². The molecule has 0 unspecified atom stereocenters. The lowest BCUT2D eigenvalue weighted by Crippen LogP contribution is -2.06. The maximum absolute atomic E-state index is 3.22. The van der Waals surface area contributed by atoms with Crippen LogP contribution in [0.25, 0.3) is 0 Å². The highest BCUT2D eigenvalue weighted by molar-refractivity contribution is 4.51. The molecule has 0 rings (SSSR count). The Morgan fingerprint density at radius 1 is 0.231 bits per heavy atom. The van der Waals surface area contributed by atoms with Crippen LogP contribution in [0, 0.1) is 0 Å². The minimum atomic E-state index is 1.19. The summed E-state index contributed by atoms with van der Waals surface area (Å²) in [5, 5.41) is 6.43. The fourth-order valence-corrected chi connectivity index (χ4v) is 5.52. The van der Waals surface area contributed by atoms with Crippen LogP contribution in [0.15, 0.2) is 0 Å². The summed E-state index contributed by atoms with van der Waals surface area (Å²) in [5.41, 5.74) is 0. The van der Waals surface area contributed by atoms with Gasteiger partial charge < -0.3 is 10.6 Å². The summed E-state index contributed by atoms with van der Waals surface area (Å²) >= 11 is 0. The lowest BCUT2D eigenvalue weighted by Gasteiger charge is -2.03. The van der Waals surface area contributed by atoms with Gasteiger partial charge in [0.15, 0.2) is 0 Å². The second kappa shape index (κ2) is 42.4. The predicted molar refractivity (Wildman–Crippen MR) is 182 cm³/mol. The molecule has 0 atom stereocenters. The molecule has 0 spiro atoms. The van der Waals surface area contributed by atoms with Crippen LogP contribution in [0.2, 0.25) is 0 Å². The first kappa shape index (κ1) is 41.1. The summed E-state index contributed by atoms with van der Waals surface area (Å²) in [5.74, 6) is 0. The van der Waals surface area contributed by atoms with Crippen molar-refractivity contribution >= 4 is 0 Å². The monoisotopic (exact) mass is 553 g/mol. The first-order chi connectivity index (χ1) is 19.3. The number of unbranched alkanes of at least 4 members (excludes halogenated alkanes) is 29. The van der Waals surface area contributed by atoms with E-state index in [1.165, 1.54) is 212 Å². The normalized spacial score (nSPS) is 11.1. The molecule has 39 heavy (non-hydrogen) atoms. The lowest BCUT2D eigenvalue weighted by atomic mass is 10.0. The van der Waals surface area contributed by atoms with Gasteiger partial charge in [-0.15, -0.1) is 0 Å². The van der Waals surface area contributed by atoms with Crippen LogP contribution in [-0.2, 0) is 0 Å². The topological polar surface area (TPSA) is 24.1 Å². The van der Waals surface area contributed by atoms with Gasteiger partial charge in [0.2, 0.25) is 0 Å². The lowest BCUT2D eigenvalue weighted by molar-refractivity contribution is 0.528. The Labute approximate surface area is 250 Å². The standard InChI is InChI=1S/C19H41N.C18H39N/c1-3-4-5-6-7-8-9-10-11-12-13-14-15-16-17-18-19-20-2;1-3-4-5-6-7-8-9-10-11-12-13-14-15-16-17-18-19-2/h20H,3-19H2,1-2H3;19H,3-18H2,1-2H3. The maximum Gasteiger partial charge on any atom is -0.00519 e. The van der Waals surface area contributed by atoms with E-state index in [0.29, 0.717) is 0 Å². The molecule has 0 saturated heterocycles. The zero-order valence-electron chi connectivity index (χ0n) is 28.3. The minimum Gasteiger partial charge on any atom is -0.320 e. The minimum absolute atomic E-state index is 1.19. The van der Waals surface area contributed by atoms with E-state index in [9.17, 15) is 0 Å². The molecular weight excluding hydrogens is 472 g/mol. The van der Waals surface area contributed by atoms with Crippen molar-refractivity contribution in [2.75, 3.05) is 27.2 Å². The van der Waals surface area contributed by atoms with Gasteiger partial charge in [0.05, 0.1) is 0 Å². The molecule has 0 amide bonds. The number of hydrogen-bond donors (Lipinski definition) is 2. The van der Waals surface area contributed by atoms with Gasteiger partial charge >= 0.3 is 0 Å². The second-order valence-corrected chi connectivity index (χ2v) is 12.5. The maximum atomic E-state index is 3.22. The largest absolute Gasteiger partial charge is 0.320 e. The Balaban J connectivity index is 0. The number of hydrogen-bond acceptors (Lipinski definition) is 2. The third kappa shape index (κ3) is 45.1. The Morgan fingerprint density at radius 2 is 0.385 bits per heavy atom. The van der Waals surface area contributed by atoms with Crippen LogP contribution in [0.4, 0.5) is 0 Å². The van der Waals surface area contributed by atoms with Gasteiger partial charge in [0.25, 0.3) is 0 Å². The Kier molecular flexibility index (Phi) is 44.6. The van der Waals surface area contributed by atoms with Crippen LogP contribution in [-0.4, -0.2) is 27.2 Å². The molecule has 0 aromatic rings. The van der Waals surface area contributed by atoms with Crippen LogP contribution >= 0.6 is 0 Å². The highest BCUT2D eigenvalue weighted by Gasteiger charge is 1.95. The Morgan fingerprint density at radius 3 is 0.538 bits per heavy atom. The third-order valence-corrected chi connectivity index (χ3v) is 8.31. The molecule has 0 aromatic carbocycles. The molecule has 0 aliphatic heterocycles.